The molecule has 0 aliphatic carbocycles. The number of likely N-dealkylation sites (tertiary alicyclic amines) is 1. The molecule has 1 fully saturated rings. The van der Waals surface area contributed by atoms with Crippen molar-refractivity contribution >= 4 is 17.3 Å². The Kier molecular flexibility index (Phi) is 3.81. The molecule has 0 radical (unpaired) electrons. The van der Waals surface area contributed by atoms with Gasteiger partial charge in [0.1, 0.15) is 6.20 Å². The van der Waals surface area contributed by atoms with E-state index in [4.69, 9.17) is 0 Å². The summed E-state index contributed by atoms with van der Waals surface area (Å²) >= 11 is 0. The number of nitrogens with zero attached hydrogens (tertiary/aromatic N) is 5. The van der Waals surface area contributed by atoms with E-state index in [2.05, 4.69) is 39.5 Å². The summed E-state index contributed by atoms with van der Waals surface area (Å²) in [5.41, 5.74) is 1.70. The fourth-order valence-corrected chi connectivity index (χ4v) is 3.49. The second-order valence-corrected chi connectivity index (χ2v) is 6.24. The molecule has 1 N–H and O–H groups in total. The minimum Gasteiger partial charge on any atom is -0.362 e. The third kappa shape index (κ3) is 2.80. The van der Waals surface area contributed by atoms with E-state index in [1.807, 2.05) is 24.3 Å². The zero-order valence-corrected chi connectivity index (χ0v) is 13.7. The van der Waals surface area contributed by atoms with E-state index >= 15 is 0 Å². The van der Waals surface area contributed by atoms with E-state index in [1.165, 1.54) is 16.3 Å². The van der Waals surface area contributed by atoms with Crippen molar-refractivity contribution in [3.05, 3.63) is 64.3 Å². The molecule has 1 aliphatic heterocycles. The lowest BCUT2D eigenvalue weighted by molar-refractivity contribution is -0.391. The van der Waals surface area contributed by atoms with Crippen LogP contribution in [0.3, 0.4) is 0 Å². The molecule has 4 rings (SSSR count). The highest BCUT2D eigenvalue weighted by molar-refractivity contribution is 5.49. The Morgan fingerprint density at radius 2 is 2.04 bits per heavy atom. The van der Waals surface area contributed by atoms with Gasteiger partial charge in [0.2, 0.25) is 5.65 Å². The van der Waals surface area contributed by atoms with Crippen LogP contribution in [0.15, 0.2) is 48.7 Å². The lowest BCUT2D eigenvalue weighted by atomic mass is 10.0. The number of nitro groups is 1. The largest absolute Gasteiger partial charge is 0.368 e. The van der Waals surface area contributed by atoms with Crippen LogP contribution in [0, 0.1) is 10.1 Å². The monoisotopic (exact) mass is 338 g/mol. The quantitative estimate of drug-likeness (QED) is 0.581. The molecule has 0 spiro atoms. The maximum atomic E-state index is 11.1. The van der Waals surface area contributed by atoms with Crippen molar-refractivity contribution in [2.75, 3.05) is 18.9 Å². The third-order valence-corrected chi connectivity index (χ3v) is 4.65. The Hall–Kier alpha value is -3.00. The SMILES string of the molecule is CN1CCC(Nc2ccc3ncc([N+](=O)[O-])n3n2)C1c1ccccc1. The van der Waals surface area contributed by atoms with Gasteiger partial charge in [0.05, 0.1) is 6.04 Å². The highest BCUT2D eigenvalue weighted by atomic mass is 16.6. The zero-order valence-electron chi connectivity index (χ0n) is 13.7. The maximum absolute atomic E-state index is 11.1. The van der Waals surface area contributed by atoms with Crippen LogP contribution in [-0.4, -0.2) is 44.1 Å². The second kappa shape index (κ2) is 6.14. The minimum absolute atomic E-state index is 0.137. The van der Waals surface area contributed by atoms with Crippen molar-refractivity contribution in [1.82, 2.24) is 19.5 Å². The Labute approximate surface area is 144 Å². The predicted octanol–water partition coefficient (Wildman–Crippen LogP) is 2.49. The van der Waals surface area contributed by atoms with Gasteiger partial charge in [-0.15, -0.1) is 0 Å². The lowest BCUT2D eigenvalue weighted by Gasteiger charge is -2.26. The van der Waals surface area contributed by atoms with Gasteiger partial charge in [-0.05, 0) is 30.0 Å². The number of hydrogen-bond donors (Lipinski definition) is 1. The zero-order chi connectivity index (χ0) is 17.4. The van der Waals surface area contributed by atoms with E-state index in [9.17, 15) is 10.1 Å². The van der Waals surface area contributed by atoms with Gasteiger partial charge in [0.15, 0.2) is 5.82 Å². The van der Waals surface area contributed by atoms with Crippen LogP contribution >= 0.6 is 0 Å². The molecule has 2 atom stereocenters. The molecule has 2 aromatic heterocycles. The number of nitrogens with one attached hydrogen (secondary N) is 1. The molecule has 0 saturated carbocycles. The van der Waals surface area contributed by atoms with Crippen LogP contribution in [0.5, 0.6) is 0 Å². The van der Waals surface area contributed by atoms with Crippen molar-refractivity contribution in [3.8, 4) is 0 Å². The van der Waals surface area contributed by atoms with Crippen LogP contribution in [-0.2, 0) is 0 Å². The van der Waals surface area contributed by atoms with Gasteiger partial charge in [-0.2, -0.15) is 0 Å². The topological polar surface area (TPSA) is 88.6 Å². The smallest absolute Gasteiger partial charge is 0.362 e. The van der Waals surface area contributed by atoms with E-state index < -0.39 is 4.92 Å². The van der Waals surface area contributed by atoms with Gasteiger partial charge >= 0.3 is 5.82 Å². The number of imidazole rings is 1. The van der Waals surface area contributed by atoms with Gasteiger partial charge in [-0.3, -0.25) is 4.90 Å². The molecule has 2 unspecified atom stereocenters. The minimum atomic E-state index is -0.479. The van der Waals surface area contributed by atoms with Gasteiger partial charge in [-0.25, -0.2) is 4.98 Å². The van der Waals surface area contributed by atoms with Gasteiger partial charge in [0, 0.05) is 18.7 Å². The van der Waals surface area contributed by atoms with E-state index in [1.54, 1.807) is 6.07 Å². The van der Waals surface area contributed by atoms with Crippen LogP contribution in [0.2, 0.25) is 0 Å². The predicted molar refractivity (Wildman–Crippen MR) is 93.5 cm³/mol. The Morgan fingerprint density at radius 3 is 2.80 bits per heavy atom. The van der Waals surface area contributed by atoms with Crippen molar-refractivity contribution in [3.63, 3.8) is 0 Å². The van der Waals surface area contributed by atoms with Crippen molar-refractivity contribution in [1.29, 1.82) is 0 Å². The third-order valence-electron chi connectivity index (χ3n) is 4.65. The molecule has 1 saturated heterocycles. The van der Waals surface area contributed by atoms with Crippen LogP contribution < -0.4 is 5.32 Å². The number of fused-ring (bicyclic) bond motifs is 1. The molecular formula is C17H18N6O2. The average Bonchev–Trinajstić information content (AvgIpc) is 3.19. The molecule has 1 aliphatic rings. The van der Waals surface area contributed by atoms with Gasteiger partial charge < -0.3 is 15.4 Å². The fraction of sp³-hybridized carbons (Fsp3) is 0.294. The molecule has 128 valence electrons. The van der Waals surface area contributed by atoms with Crippen LogP contribution in [0.1, 0.15) is 18.0 Å². The second-order valence-electron chi connectivity index (χ2n) is 6.24. The summed E-state index contributed by atoms with van der Waals surface area (Å²) in [4.78, 5) is 16.9. The molecule has 8 nitrogen and oxygen atoms in total. The standard InChI is InChI=1S/C17H18N6O2/c1-21-10-9-13(17(21)12-5-3-2-4-6-12)19-14-7-8-15-18-11-16(23(24)25)22(15)20-14/h2-8,11,13,17H,9-10H2,1H3,(H,19,20). The van der Waals surface area contributed by atoms with Gasteiger partial charge in [-0.1, -0.05) is 39.9 Å². The molecule has 1 aromatic carbocycles. The Balaban J connectivity index is 1.64. The van der Waals surface area contributed by atoms with Crippen LogP contribution in [0.25, 0.3) is 5.65 Å². The number of hydrogen-bond acceptors (Lipinski definition) is 6. The molecule has 3 heterocycles. The highest BCUT2D eigenvalue weighted by Gasteiger charge is 2.33. The summed E-state index contributed by atoms with van der Waals surface area (Å²) in [6.45, 7) is 0.977. The molecule has 25 heavy (non-hydrogen) atoms. The van der Waals surface area contributed by atoms with E-state index in [0.29, 0.717) is 11.5 Å². The van der Waals surface area contributed by atoms with E-state index in [0.717, 1.165) is 13.0 Å². The summed E-state index contributed by atoms with van der Waals surface area (Å²) in [5, 5.41) is 18.9. The van der Waals surface area contributed by atoms with Crippen molar-refractivity contribution in [2.45, 2.75) is 18.5 Å². The molecule has 8 heteroatoms. The molecule has 0 bridgehead atoms. The fourth-order valence-electron chi connectivity index (χ4n) is 3.49. The highest BCUT2D eigenvalue weighted by Crippen LogP contribution is 2.32. The molecular weight excluding hydrogens is 320 g/mol. The number of aromatic nitrogens is 3. The Morgan fingerprint density at radius 1 is 1.24 bits per heavy atom. The Bertz CT molecular complexity index is 910. The number of rotatable bonds is 4. The maximum Gasteiger partial charge on any atom is 0.368 e. The number of anilines is 1. The first-order chi connectivity index (χ1) is 12.1. The van der Waals surface area contributed by atoms with Crippen molar-refractivity contribution in [2.24, 2.45) is 0 Å². The molecule has 3 aromatic rings. The summed E-state index contributed by atoms with van der Waals surface area (Å²) in [5.74, 6) is 0.469. The van der Waals surface area contributed by atoms with E-state index in [-0.39, 0.29) is 17.9 Å². The first-order valence-corrected chi connectivity index (χ1v) is 8.14. The summed E-state index contributed by atoms with van der Waals surface area (Å²) in [7, 11) is 2.11. The average molecular weight is 338 g/mol. The first kappa shape index (κ1) is 15.5. The first-order valence-electron chi connectivity index (χ1n) is 8.14. The summed E-state index contributed by atoms with van der Waals surface area (Å²) in [6.07, 6.45) is 2.20. The van der Waals surface area contributed by atoms with Crippen molar-refractivity contribution < 1.29 is 4.92 Å². The van der Waals surface area contributed by atoms with Crippen LogP contribution in [0.4, 0.5) is 11.6 Å². The lowest BCUT2D eigenvalue weighted by Crippen LogP contribution is -2.29. The summed E-state index contributed by atoms with van der Waals surface area (Å²) in [6, 6.07) is 14.3. The molecule has 0 amide bonds. The normalized spacial score (nSPS) is 20.8. The number of benzene rings is 1. The summed E-state index contributed by atoms with van der Waals surface area (Å²) < 4.78 is 1.26. The van der Waals surface area contributed by atoms with Gasteiger partial charge in [0.25, 0.3) is 0 Å². The number of likely N-dealkylation sites (N-methyl/N-ethyl adjacent to an activating group) is 1.